The highest BCUT2D eigenvalue weighted by Crippen LogP contribution is 2.36. The second-order valence-electron chi connectivity index (χ2n) is 2.99. The van der Waals surface area contributed by atoms with Crippen molar-refractivity contribution in [3.05, 3.63) is 23.8 Å². The minimum Gasteiger partial charge on any atom is -0.397 e. The Morgan fingerprint density at radius 1 is 1.27 bits per heavy atom. The van der Waals surface area contributed by atoms with Gasteiger partial charge >= 0.3 is 6.18 Å². The molecule has 0 bridgehead atoms. The number of rotatable bonds is 1. The predicted octanol–water partition coefficient (Wildman–Crippen LogP) is 1.69. The van der Waals surface area contributed by atoms with Crippen molar-refractivity contribution in [1.82, 2.24) is 0 Å². The summed E-state index contributed by atoms with van der Waals surface area (Å²) in [6.07, 6.45) is -3.84. The Morgan fingerprint density at radius 2 is 1.80 bits per heavy atom. The topological polar surface area (TPSA) is 60.2 Å². The molecule has 0 heterocycles. The number of anilines is 1. The zero-order chi connectivity index (χ0) is 11.9. The third-order valence-corrected chi connectivity index (χ3v) is 2.93. The predicted molar refractivity (Wildman–Crippen MR) is 49.0 cm³/mol. The van der Waals surface area contributed by atoms with Crippen LogP contribution in [-0.2, 0) is 16.0 Å². The number of alkyl halides is 3. The highest BCUT2D eigenvalue weighted by molar-refractivity contribution is 7.90. The summed E-state index contributed by atoms with van der Waals surface area (Å²) in [4.78, 5) is -0.502. The van der Waals surface area contributed by atoms with E-state index in [4.69, 9.17) is 5.73 Å². The monoisotopic (exact) mass is 239 g/mol. The van der Waals surface area contributed by atoms with Crippen LogP contribution >= 0.6 is 0 Å². The second kappa shape index (κ2) is 3.41. The zero-order valence-corrected chi connectivity index (χ0v) is 8.48. The van der Waals surface area contributed by atoms with Crippen molar-refractivity contribution in [3.8, 4) is 0 Å². The van der Waals surface area contributed by atoms with Gasteiger partial charge in [-0.1, -0.05) is 6.07 Å². The van der Waals surface area contributed by atoms with E-state index in [1.807, 2.05) is 0 Å². The number of sulfone groups is 1. The molecule has 1 aromatic carbocycles. The van der Waals surface area contributed by atoms with Crippen LogP contribution < -0.4 is 5.73 Å². The fourth-order valence-corrected chi connectivity index (χ4v) is 1.95. The minimum absolute atomic E-state index is 0.502. The molecular formula is C8H8F3NO2S. The maximum atomic E-state index is 12.3. The molecular weight excluding hydrogens is 231 g/mol. The molecule has 0 aliphatic rings. The van der Waals surface area contributed by atoms with Gasteiger partial charge in [0, 0.05) is 6.26 Å². The molecule has 3 nitrogen and oxygen atoms in total. The number of para-hydroxylation sites is 1. The number of benzene rings is 1. The Bertz CT molecular complexity index is 479. The van der Waals surface area contributed by atoms with Gasteiger partial charge in [0.2, 0.25) is 0 Å². The summed E-state index contributed by atoms with van der Waals surface area (Å²) >= 11 is 0. The van der Waals surface area contributed by atoms with Gasteiger partial charge in [-0.05, 0) is 12.1 Å². The molecule has 0 radical (unpaired) electrons. The summed E-state index contributed by atoms with van der Waals surface area (Å²) in [6.45, 7) is 0. The van der Waals surface area contributed by atoms with E-state index in [2.05, 4.69) is 0 Å². The molecule has 0 atom stereocenters. The quantitative estimate of drug-likeness (QED) is 0.758. The Labute approximate surface area is 84.6 Å². The number of nitrogens with two attached hydrogens (primary N) is 1. The molecule has 0 spiro atoms. The molecule has 1 rings (SSSR count). The molecule has 0 aromatic heterocycles. The summed E-state index contributed by atoms with van der Waals surface area (Å²) in [5, 5.41) is 0. The van der Waals surface area contributed by atoms with Gasteiger partial charge in [-0.3, -0.25) is 0 Å². The highest BCUT2D eigenvalue weighted by atomic mass is 32.2. The van der Waals surface area contributed by atoms with Crippen LogP contribution in [-0.4, -0.2) is 14.7 Å². The van der Waals surface area contributed by atoms with Crippen molar-refractivity contribution in [2.45, 2.75) is 11.1 Å². The average Bonchev–Trinajstić information content (AvgIpc) is 1.99. The summed E-state index contributed by atoms with van der Waals surface area (Å²) in [7, 11) is -3.74. The van der Waals surface area contributed by atoms with Gasteiger partial charge in [0.1, 0.15) is 0 Å². The van der Waals surface area contributed by atoms with Crippen molar-refractivity contribution in [3.63, 3.8) is 0 Å². The summed E-state index contributed by atoms with van der Waals surface area (Å²) < 4.78 is 59.2. The molecule has 7 heteroatoms. The van der Waals surface area contributed by atoms with E-state index in [-0.39, 0.29) is 0 Å². The van der Waals surface area contributed by atoms with E-state index < -0.39 is 32.2 Å². The van der Waals surface area contributed by atoms with E-state index in [0.717, 1.165) is 24.5 Å². The average molecular weight is 239 g/mol. The lowest BCUT2D eigenvalue weighted by Gasteiger charge is -2.12. The number of halogens is 3. The lowest BCUT2D eigenvalue weighted by Crippen LogP contribution is -2.12. The first kappa shape index (κ1) is 11.8. The number of hydrogen-bond donors (Lipinski definition) is 1. The van der Waals surface area contributed by atoms with Crippen LogP contribution in [0.25, 0.3) is 0 Å². The fourth-order valence-electron chi connectivity index (χ4n) is 1.11. The Morgan fingerprint density at radius 3 is 2.20 bits per heavy atom. The summed E-state index contributed by atoms with van der Waals surface area (Å²) in [5.41, 5.74) is 3.27. The van der Waals surface area contributed by atoms with Crippen molar-refractivity contribution in [1.29, 1.82) is 0 Å². The maximum absolute atomic E-state index is 12.3. The first-order chi connectivity index (χ1) is 6.64. The molecule has 84 valence electrons. The van der Waals surface area contributed by atoms with Crippen molar-refractivity contribution >= 4 is 15.5 Å². The van der Waals surface area contributed by atoms with Crippen molar-refractivity contribution in [2.24, 2.45) is 0 Å². The van der Waals surface area contributed by atoms with Gasteiger partial charge in [0.15, 0.2) is 9.84 Å². The number of hydrogen-bond acceptors (Lipinski definition) is 3. The third-order valence-electron chi connectivity index (χ3n) is 1.77. The standard InChI is InChI=1S/C8H8F3NO2S/c1-15(13,14)6-4-2-3-5(7(6)12)8(9,10)11/h2-4H,12H2,1H3. The molecule has 15 heavy (non-hydrogen) atoms. The van der Waals surface area contributed by atoms with Crippen LogP contribution in [0.2, 0.25) is 0 Å². The summed E-state index contributed by atoms with van der Waals surface area (Å²) in [5.74, 6) is 0. The van der Waals surface area contributed by atoms with Crippen molar-refractivity contribution < 1.29 is 21.6 Å². The lowest BCUT2D eigenvalue weighted by atomic mass is 10.2. The normalized spacial score (nSPS) is 12.8. The van der Waals surface area contributed by atoms with Gasteiger partial charge < -0.3 is 5.73 Å². The van der Waals surface area contributed by atoms with Crippen LogP contribution in [0.15, 0.2) is 23.1 Å². The Kier molecular flexibility index (Phi) is 2.69. The lowest BCUT2D eigenvalue weighted by molar-refractivity contribution is -0.137. The van der Waals surface area contributed by atoms with Gasteiger partial charge in [0.05, 0.1) is 16.1 Å². The molecule has 0 fully saturated rings. The molecule has 1 aromatic rings. The van der Waals surface area contributed by atoms with E-state index in [1.165, 1.54) is 0 Å². The zero-order valence-electron chi connectivity index (χ0n) is 7.67. The molecule has 0 amide bonds. The van der Waals surface area contributed by atoms with Crippen LogP contribution in [0.5, 0.6) is 0 Å². The SMILES string of the molecule is CS(=O)(=O)c1cccc(C(F)(F)F)c1N. The van der Waals surface area contributed by atoms with Gasteiger partial charge in [-0.25, -0.2) is 8.42 Å². The van der Waals surface area contributed by atoms with Gasteiger partial charge in [-0.2, -0.15) is 13.2 Å². The van der Waals surface area contributed by atoms with Crippen LogP contribution in [0.3, 0.4) is 0 Å². The molecule has 0 saturated carbocycles. The van der Waals surface area contributed by atoms with E-state index in [0.29, 0.717) is 0 Å². The van der Waals surface area contributed by atoms with Crippen LogP contribution in [0.4, 0.5) is 18.9 Å². The Balaban J connectivity index is 3.51. The number of nitrogen functional groups attached to an aromatic ring is 1. The summed E-state index contributed by atoms with van der Waals surface area (Å²) in [6, 6.07) is 2.79. The van der Waals surface area contributed by atoms with Gasteiger partial charge in [-0.15, -0.1) is 0 Å². The molecule has 0 aliphatic carbocycles. The maximum Gasteiger partial charge on any atom is 0.418 e. The molecule has 0 aliphatic heterocycles. The second-order valence-corrected chi connectivity index (χ2v) is 4.97. The van der Waals surface area contributed by atoms with E-state index in [9.17, 15) is 21.6 Å². The first-order valence-corrected chi connectivity index (χ1v) is 5.69. The van der Waals surface area contributed by atoms with Crippen LogP contribution in [0, 0.1) is 0 Å². The van der Waals surface area contributed by atoms with Crippen molar-refractivity contribution in [2.75, 3.05) is 12.0 Å². The smallest absolute Gasteiger partial charge is 0.397 e. The van der Waals surface area contributed by atoms with Crippen LogP contribution in [0.1, 0.15) is 5.56 Å². The molecule has 2 N–H and O–H groups in total. The van der Waals surface area contributed by atoms with Gasteiger partial charge in [0.25, 0.3) is 0 Å². The Hall–Kier alpha value is -1.24. The largest absolute Gasteiger partial charge is 0.418 e. The highest BCUT2D eigenvalue weighted by Gasteiger charge is 2.34. The van der Waals surface area contributed by atoms with E-state index >= 15 is 0 Å². The molecule has 0 unspecified atom stereocenters. The third kappa shape index (κ3) is 2.41. The van der Waals surface area contributed by atoms with E-state index in [1.54, 1.807) is 0 Å². The minimum atomic E-state index is -4.65. The molecule has 0 saturated heterocycles. The first-order valence-electron chi connectivity index (χ1n) is 3.80. The fraction of sp³-hybridized carbons (Fsp3) is 0.250.